The second-order valence-electron chi connectivity index (χ2n) is 6.75. The van der Waals surface area contributed by atoms with Gasteiger partial charge in [-0.15, -0.1) is 11.8 Å². The Hall–Kier alpha value is -2.71. The number of halogens is 9. The molecule has 0 aliphatic rings. The highest BCUT2D eigenvalue weighted by molar-refractivity contribution is 7.99. The Morgan fingerprint density at radius 1 is 1.09 bits per heavy atom. The van der Waals surface area contributed by atoms with E-state index in [2.05, 4.69) is 9.97 Å². The summed E-state index contributed by atoms with van der Waals surface area (Å²) in [5.74, 6) is -4.55. The van der Waals surface area contributed by atoms with Crippen molar-refractivity contribution in [3.8, 4) is 11.4 Å². The topological polar surface area (TPSA) is 52.2 Å². The van der Waals surface area contributed by atoms with E-state index >= 15 is 0 Å². The standard InChI is InChI=1S/C18H13F9N4OS/c1-2-33-14-13(29-11-4-3-9(6-31(11)14)17(22,23)24)10-5-12(32)30(8-28-10)7-16(20,21)15(19)18(25,26)27/h3-6,8,15H,2,7H2,1H3. The first-order chi connectivity index (χ1) is 15.1. The molecule has 1 atom stereocenters. The molecule has 0 amide bonds. The van der Waals surface area contributed by atoms with Crippen LogP contribution in [0.2, 0.25) is 0 Å². The predicted octanol–water partition coefficient (Wildman–Crippen LogP) is 5.22. The first kappa shape index (κ1) is 24.9. The van der Waals surface area contributed by atoms with Crippen molar-refractivity contribution in [3.63, 3.8) is 0 Å². The largest absolute Gasteiger partial charge is 0.425 e. The fraction of sp³-hybridized carbons (Fsp3) is 0.389. The highest BCUT2D eigenvalue weighted by Gasteiger charge is 2.57. The lowest BCUT2D eigenvalue weighted by atomic mass is 10.2. The van der Waals surface area contributed by atoms with E-state index in [1.165, 1.54) is 0 Å². The van der Waals surface area contributed by atoms with Crippen LogP contribution in [0.3, 0.4) is 0 Å². The van der Waals surface area contributed by atoms with Crippen LogP contribution in [0.15, 0.2) is 40.5 Å². The monoisotopic (exact) mass is 504 g/mol. The number of alkyl halides is 9. The summed E-state index contributed by atoms with van der Waals surface area (Å²) in [7, 11) is 0. The van der Waals surface area contributed by atoms with E-state index in [4.69, 9.17) is 0 Å². The SMILES string of the molecule is CCSc1c(-c2cc(=O)n(CC(F)(F)C(F)C(F)(F)F)cn2)nc2ccc(C(F)(F)F)cn12. The molecule has 0 aromatic carbocycles. The lowest BCUT2D eigenvalue weighted by Gasteiger charge is -2.23. The fourth-order valence-corrected chi connectivity index (χ4v) is 3.70. The second-order valence-corrected chi connectivity index (χ2v) is 8.00. The lowest BCUT2D eigenvalue weighted by Crippen LogP contribution is -2.46. The average molecular weight is 504 g/mol. The molecule has 0 N–H and O–H groups in total. The Labute approximate surface area is 183 Å². The van der Waals surface area contributed by atoms with E-state index in [0.717, 1.165) is 34.5 Å². The van der Waals surface area contributed by atoms with Crippen LogP contribution >= 0.6 is 11.8 Å². The number of thioether (sulfide) groups is 1. The van der Waals surface area contributed by atoms with Gasteiger partial charge in [0.2, 0.25) is 0 Å². The minimum Gasteiger partial charge on any atom is -0.293 e. The van der Waals surface area contributed by atoms with Gasteiger partial charge in [0, 0.05) is 12.3 Å². The molecule has 0 radical (unpaired) electrons. The summed E-state index contributed by atoms with van der Waals surface area (Å²) >= 11 is 1.07. The van der Waals surface area contributed by atoms with Gasteiger partial charge >= 0.3 is 18.3 Å². The van der Waals surface area contributed by atoms with E-state index in [-0.39, 0.29) is 26.6 Å². The Bertz CT molecular complexity index is 1220. The van der Waals surface area contributed by atoms with Crippen molar-refractivity contribution in [2.24, 2.45) is 0 Å². The number of hydrogen-bond donors (Lipinski definition) is 0. The number of rotatable bonds is 6. The van der Waals surface area contributed by atoms with Gasteiger partial charge in [-0.05, 0) is 17.9 Å². The number of fused-ring (bicyclic) bond motifs is 1. The third kappa shape index (κ3) is 5.12. The minimum absolute atomic E-state index is 0.0316. The van der Waals surface area contributed by atoms with Crippen molar-refractivity contribution < 1.29 is 39.5 Å². The molecule has 3 aromatic heterocycles. The van der Waals surface area contributed by atoms with Crippen molar-refractivity contribution in [2.45, 2.75) is 42.9 Å². The fourth-order valence-electron chi connectivity index (χ4n) is 2.85. The van der Waals surface area contributed by atoms with Crippen LogP contribution in [0.1, 0.15) is 12.5 Å². The smallest absolute Gasteiger partial charge is 0.293 e. The zero-order valence-corrected chi connectivity index (χ0v) is 17.2. The third-order valence-corrected chi connectivity index (χ3v) is 5.30. The zero-order chi connectivity index (χ0) is 24.8. The molecule has 33 heavy (non-hydrogen) atoms. The van der Waals surface area contributed by atoms with Crippen LogP contribution in [-0.2, 0) is 12.7 Å². The molecule has 0 bridgehead atoms. The maximum atomic E-state index is 13.6. The summed E-state index contributed by atoms with van der Waals surface area (Å²) in [4.78, 5) is 20.1. The Kier molecular flexibility index (Phi) is 6.47. The Morgan fingerprint density at radius 2 is 1.76 bits per heavy atom. The molecule has 1 unspecified atom stereocenters. The molecular formula is C18H13F9N4OS. The van der Waals surface area contributed by atoms with Crippen LogP contribution in [0.4, 0.5) is 39.5 Å². The van der Waals surface area contributed by atoms with Crippen LogP contribution in [-0.4, -0.2) is 43.0 Å². The van der Waals surface area contributed by atoms with Crippen LogP contribution in [0.25, 0.3) is 17.0 Å². The van der Waals surface area contributed by atoms with Crippen molar-refractivity contribution in [1.82, 2.24) is 18.9 Å². The molecule has 0 saturated carbocycles. The first-order valence-corrected chi connectivity index (χ1v) is 10.0. The van der Waals surface area contributed by atoms with E-state index < -0.39 is 42.1 Å². The summed E-state index contributed by atoms with van der Waals surface area (Å²) in [5, 5.41) is 0.175. The summed E-state index contributed by atoms with van der Waals surface area (Å²) < 4.78 is 118. The third-order valence-electron chi connectivity index (χ3n) is 4.34. The molecule has 3 heterocycles. The van der Waals surface area contributed by atoms with Gasteiger partial charge in [0.05, 0.1) is 24.1 Å². The number of nitrogens with zero attached hydrogens (tertiary/aromatic N) is 4. The van der Waals surface area contributed by atoms with Crippen molar-refractivity contribution >= 4 is 17.4 Å². The number of aromatic nitrogens is 4. The predicted molar refractivity (Wildman–Crippen MR) is 100.0 cm³/mol. The highest BCUT2D eigenvalue weighted by Crippen LogP contribution is 2.36. The van der Waals surface area contributed by atoms with Gasteiger partial charge in [-0.2, -0.15) is 26.3 Å². The molecule has 0 aliphatic heterocycles. The molecule has 0 spiro atoms. The second kappa shape index (κ2) is 8.57. The van der Waals surface area contributed by atoms with Crippen molar-refractivity contribution in [3.05, 3.63) is 46.6 Å². The number of pyridine rings is 1. The van der Waals surface area contributed by atoms with Crippen molar-refractivity contribution in [2.75, 3.05) is 5.75 Å². The molecule has 0 aliphatic carbocycles. The van der Waals surface area contributed by atoms with Crippen molar-refractivity contribution in [1.29, 1.82) is 0 Å². The van der Waals surface area contributed by atoms with Gasteiger partial charge in [-0.1, -0.05) is 6.92 Å². The Balaban J connectivity index is 2.04. The van der Waals surface area contributed by atoms with E-state index in [1.54, 1.807) is 6.92 Å². The maximum Gasteiger partial charge on any atom is 0.425 e. The highest BCUT2D eigenvalue weighted by atomic mass is 32.2. The van der Waals surface area contributed by atoms with Gasteiger partial charge in [-0.3, -0.25) is 13.8 Å². The molecule has 3 rings (SSSR count). The Morgan fingerprint density at radius 3 is 2.30 bits per heavy atom. The van der Waals surface area contributed by atoms with E-state index in [1.807, 2.05) is 0 Å². The van der Waals surface area contributed by atoms with Gasteiger partial charge in [-0.25, -0.2) is 23.1 Å². The normalized spacial score (nSPS) is 14.1. The zero-order valence-electron chi connectivity index (χ0n) is 16.4. The van der Waals surface area contributed by atoms with Gasteiger partial charge < -0.3 is 0 Å². The van der Waals surface area contributed by atoms with Crippen LogP contribution < -0.4 is 5.56 Å². The molecule has 180 valence electrons. The number of hydrogen-bond acceptors (Lipinski definition) is 4. The van der Waals surface area contributed by atoms with Gasteiger partial charge in [0.25, 0.3) is 11.7 Å². The summed E-state index contributed by atoms with van der Waals surface area (Å²) in [5.41, 5.74) is -2.35. The summed E-state index contributed by atoms with van der Waals surface area (Å²) in [6, 6.07) is 2.57. The first-order valence-electron chi connectivity index (χ1n) is 9.02. The molecule has 5 nitrogen and oxygen atoms in total. The minimum atomic E-state index is -5.83. The molecule has 15 heteroatoms. The van der Waals surface area contributed by atoms with Crippen LogP contribution in [0.5, 0.6) is 0 Å². The lowest BCUT2D eigenvalue weighted by molar-refractivity contribution is -0.247. The van der Waals surface area contributed by atoms with E-state index in [0.29, 0.717) is 18.1 Å². The average Bonchev–Trinajstić information content (AvgIpc) is 3.05. The molecule has 0 fully saturated rings. The molecular weight excluding hydrogens is 491 g/mol. The number of imidazole rings is 1. The maximum absolute atomic E-state index is 13.6. The molecule has 0 saturated heterocycles. The van der Waals surface area contributed by atoms with Gasteiger partial charge in [0.1, 0.15) is 16.4 Å². The van der Waals surface area contributed by atoms with Crippen LogP contribution in [0, 0.1) is 0 Å². The quantitative estimate of drug-likeness (QED) is 0.341. The van der Waals surface area contributed by atoms with Gasteiger partial charge in [0.15, 0.2) is 0 Å². The summed E-state index contributed by atoms with van der Waals surface area (Å²) in [6.45, 7) is -0.223. The molecule has 3 aromatic rings. The van der Waals surface area contributed by atoms with E-state index in [9.17, 15) is 44.3 Å². The summed E-state index contributed by atoms with van der Waals surface area (Å²) in [6.07, 6.45) is -13.7.